The molecule has 0 unspecified atom stereocenters. The summed E-state index contributed by atoms with van der Waals surface area (Å²) in [5.41, 5.74) is -1.80. The first-order valence-electron chi connectivity index (χ1n) is 5.13. The van der Waals surface area contributed by atoms with Crippen molar-refractivity contribution >= 4 is 5.97 Å². The summed E-state index contributed by atoms with van der Waals surface area (Å²) in [6.07, 6.45) is -4.45. The average Bonchev–Trinajstić information content (AvgIpc) is 2.30. The van der Waals surface area contributed by atoms with Gasteiger partial charge in [-0.3, -0.25) is 10.1 Å². The van der Waals surface area contributed by atoms with E-state index in [0.29, 0.717) is 0 Å². The minimum atomic E-state index is -1.80. The normalized spacial score (nSPS) is 39.9. The van der Waals surface area contributed by atoms with Crippen LogP contribution in [0.25, 0.3) is 0 Å². The Morgan fingerprint density at radius 3 is 2.59 bits per heavy atom. The number of carbonyl (C=O) groups is 1. The molecule has 0 radical (unpaired) electrons. The second kappa shape index (κ2) is 5.25. The second-order valence-corrected chi connectivity index (χ2v) is 4.07. The molecular formula is C9H17NO7. The van der Waals surface area contributed by atoms with E-state index in [4.69, 9.17) is 9.84 Å². The molecule has 1 rings (SSSR count). The van der Waals surface area contributed by atoms with E-state index < -0.39 is 42.7 Å². The van der Waals surface area contributed by atoms with E-state index in [-0.39, 0.29) is 6.61 Å². The van der Waals surface area contributed by atoms with Crippen molar-refractivity contribution in [2.24, 2.45) is 0 Å². The Morgan fingerprint density at radius 2 is 2.12 bits per heavy atom. The quantitative estimate of drug-likeness (QED) is 0.308. The van der Waals surface area contributed by atoms with Crippen LogP contribution in [-0.4, -0.2) is 74.8 Å². The van der Waals surface area contributed by atoms with E-state index in [9.17, 15) is 25.2 Å². The molecule has 1 aliphatic heterocycles. The van der Waals surface area contributed by atoms with Crippen LogP contribution in [0.1, 0.15) is 6.92 Å². The van der Waals surface area contributed by atoms with Gasteiger partial charge in [0.1, 0.15) is 24.4 Å². The van der Waals surface area contributed by atoms with Gasteiger partial charge < -0.3 is 30.3 Å². The topological polar surface area (TPSA) is 139 Å². The molecule has 1 heterocycles. The molecule has 6 N–H and O–H groups in total. The molecule has 0 aromatic heterocycles. The number of hydrogen-bond acceptors (Lipinski definition) is 7. The van der Waals surface area contributed by atoms with Crippen molar-refractivity contribution in [2.75, 3.05) is 13.2 Å². The number of ether oxygens (including phenoxy) is 1. The zero-order valence-electron chi connectivity index (χ0n) is 9.28. The fourth-order valence-electron chi connectivity index (χ4n) is 1.64. The molecule has 100 valence electrons. The molecule has 17 heavy (non-hydrogen) atoms. The summed E-state index contributed by atoms with van der Waals surface area (Å²) in [4.78, 5) is 10.7. The van der Waals surface area contributed by atoms with Crippen LogP contribution in [0.3, 0.4) is 0 Å². The lowest BCUT2D eigenvalue weighted by atomic mass is 9.94. The van der Waals surface area contributed by atoms with Crippen LogP contribution in [-0.2, 0) is 9.53 Å². The number of carboxylic acid groups (broad SMARTS) is 1. The number of hydrogen-bond donors (Lipinski definition) is 6. The standard InChI is InChI=1S/C9H17NO7/c1-4(8(15)16)10-9(3-11)7(14)6(13)5(12)2-17-9/h4-7,10-14H,2-3H2,1H3,(H,15,16)/t4-,5+,6+,7-,9+/m0/s1. The third-order valence-electron chi connectivity index (χ3n) is 2.77. The van der Waals surface area contributed by atoms with Crippen LogP contribution in [0.15, 0.2) is 0 Å². The van der Waals surface area contributed by atoms with Crippen molar-refractivity contribution in [2.45, 2.75) is 37.0 Å². The van der Waals surface area contributed by atoms with Gasteiger partial charge in [0.2, 0.25) is 0 Å². The summed E-state index contributed by atoms with van der Waals surface area (Å²) in [5, 5.41) is 48.8. The van der Waals surface area contributed by atoms with Gasteiger partial charge in [0.25, 0.3) is 0 Å². The molecule has 0 aromatic carbocycles. The average molecular weight is 251 g/mol. The monoisotopic (exact) mass is 251 g/mol. The second-order valence-electron chi connectivity index (χ2n) is 4.07. The van der Waals surface area contributed by atoms with Crippen LogP contribution >= 0.6 is 0 Å². The number of nitrogens with one attached hydrogen (secondary N) is 1. The molecule has 1 saturated heterocycles. The maximum absolute atomic E-state index is 10.7. The summed E-state index contributed by atoms with van der Waals surface area (Å²) in [7, 11) is 0. The van der Waals surface area contributed by atoms with E-state index in [1.54, 1.807) is 0 Å². The first-order chi connectivity index (χ1) is 7.84. The highest BCUT2D eigenvalue weighted by Gasteiger charge is 2.50. The van der Waals surface area contributed by atoms with Gasteiger partial charge in [-0.05, 0) is 6.92 Å². The molecule has 0 amide bonds. The lowest BCUT2D eigenvalue weighted by Gasteiger charge is -2.45. The highest BCUT2D eigenvalue weighted by molar-refractivity contribution is 5.72. The number of aliphatic hydroxyl groups excluding tert-OH is 4. The van der Waals surface area contributed by atoms with Crippen molar-refractivity contribution in [3.05, 3.63) is 0 Å². The molecule has 1 fully saturated rings. The molecule has 5 atom stereocenters. The van der Waals surface area contributed by atoms with Gasteiger partial charge in [0.15, 0.2) is 5.72 Å². The van der Waals surface area contributed by atoms with Gasteiger partial charge >= 0.3 is 5.97 Å². The smallest absolute Gasteiger partial charge is 0.320 e. The van der Waals surface area contributed by atoms with Gasteiger partial charge in [-0.1, -0.05) is 0 Å². The molecule has 0 aromatic rings. The van der Waals surface area contributed by atoms with Crippen molar-refractivity contribution in [1.29, 1.82) is 0 Å². The molecule has 0 aliphatic carbocycles. The zero-order chi connectivity index (χ0) is 13.2. The number of carboxylic acids is 1. The lowest BCUT2D eigenvalue weighted by molar-refractivity contribution is -0.261. The zero-order valence-corrected chi connectivity index (χ0v) is 9.28. The summed E-state index contributed by atoms with van der Waals surface area (Å²) in [6, 6.07) is -1.10. The van der Waals surface area contributed by atoms with Crippen molar-refractivity contribution < 1.29 is 35.1 Å². The minimum absolute atomic E-state index is 0.321. The van der Waals surface area contributed by atoms with Gasteiger partial charge in [-0.25, -0.2) is 0 Å². The van der Waals surface area contributed by atoms with Gasteiger partial charge in [0.05, 0.1) is 13.2 Å². The molecule has 0 spiro atoms. The Bertz CT molecular complexity index is 287. The Hall–Kier alpha value is -0.770. The molecule has 8 heteroatoms. The maximum Gasteiger partial charge on any atom is 0.320 e. The number of rotatable bonds is 4. The van der Waals surface area contributed by atoms with Gasteiger partial charge in [0, 0.05) is 0 Å². The maximum atomic E-state index is 10.7. The molecule has 1 aliphatic rings. The van der Waals surface area contributed by atoms with Crippen LogP contribution in [0, 0.1) is 0 Å². The van der Waals surface area contributed by atoms with Crippen LogP contribution in [0.4, 0.5) is 0 Å². The molecule has 0 bridgehead atoms. The molecule has 8 nitrogen and oxygen atoms in total. The molecule has 0 saturated carbocycles. The first-order valence-corrected chi connectivity index (χ1v) is 5.13. The van der Waals surface area contributed by atoms with Crippen LogP contribution in [0.5, 0.6) is 0 Å². The third kappa shape index (κ3) is 2.73. The minimum Gasteiger partial charge on any atom is -0.480 e. The predicted octanol–water partition coefficient (Wildman–Crippen LogP) is -3.15. The number of aliphatic hydroxyl groups is 4. The summed E-state index contributed by atoms with van der Waals surface area (Å²) in [5.74, 6) is -1.20. The Kier molecular flexibility index (Phi) is 4.42. The largest absolute Gasteiger partial charge is 0.480 e. The van der Waals surface area contributed by atoms with Crippen LogP contribution in [0.2, 0.25) is 0 Å². The Balaban J connectivity index is 2.84. The van der Waals surface area contributed by atoms with Crippen molar-refractivity contribution in [3.8, 4) is 0 Å². The summed E-state index contributed by atoms with van der Waals surface area (Å²) in [6.45, 7) is 0.237. The van der Waals surface area contributed by atoms with E-state index >= 15 is 0 Å². The highest BCUT2D eigenvalue weighted by atomic mass is 16.6. The predicted molar refractivity (Wildman–Crippen MR) is 54.0 cm³/mol. The highest BCUT2D eigenvalue weighted by Crippen LogP contribution is 2.24. The third-order valence-corrected chi connectivity index (χ3v) is 2.77. The van der Waals surface area contributed by atoms with E-state index in [0.717, 1.165) is 0 Å². The van der Waals surface area contributed by atoms with E-state index in [1.807, 2.05) is 0 Å². The Labute approximate surface area is 97.4 Å². The van der Waals surface area contributed by atoms with E-state index in [1.165, 1.54) is 6.92 Å². The first kappa shape index (κ1) is 14.3. The van der Waals surface area contributed by atoms with Crippen molar-refractivity contribution in [1.82, 2.24) is 5.32 Å². The summed E-state index contributed by atoms with van der Waals surface area (Å²) >= 11 is 0. The van der Waals surface area contributed by atoms with E-state index in [2.05, 4.69) is 5.32 Å². The fraction of sp³-hybridized carbons (Fsp3) is 0.889. The summed E-state index contributed by atoms with van der Waals surface area (Å²) < 4.78 is 5.05. The Morgan fingerprint density at radius 1 is 1.53 bits per heavy atom. The lowest BCUT2D eigenvalue weighted by Crippen LogP contribution is -2.71. The van der Waals surface area contributed by atoms with Gasteiger partial charge in [-0.15, -0.1) is 0 Å². The fourth-order valence-corrected chi connectivity index (χ4v) is 1.64. The SMILES string of the molecule is C[C@H](N[C@]1(CO)OC[C@@H](O)[C@@H](O)[C@@H]1O)C(=O)O. The van der Waals surface area contributed by atoms with Crippen LogP contribution < -0.4 is 5.32 Å². The number of aliphatic carboxylic acids is 1. The molecular weight excluding hydrogens is 234 g/mol. The van der Waals surface area contributed by atoms with Crippen molar-refractivity contribution in [3.63, 3.8) is 0 Å². The van der Waals surface area contributed by atoms with Gasteiger partial charge in [-0.2, -0.15) is 0 Å².